The van der Waals surface area contributed by atoms with Gasteiger partial charge in [-0.3, -0.25) is 0 Å². The molecule has 1 aromatic heterocycles. The summed E-state index contributed by atoms with van der Waals surface area (Å²) in [6, 6.07) is 55.1. The molecular weight excluding hydrogens is 484 g/mol. The standard InChI is InChI=1S/C38H26N2/c1-3-10-27(11-4-1)33-16-9-17-35(25-33)37-26-36(30-13-5-2-6-14-30)39-38(40-37)31-21-18-29(19-22-31)34-23-20-28-12-7-8-15-32(28)24-34/h1-26H. The summed E-state index contributed by atoms with van der Waals surface area (Å²) in [5.74, 6) is 0.714. The van der Waals surface area contributed by atoms with Gasteiger partial charge in [-0.25, -0.2) is 9.97 Å². The van der Waals surface area contributed by atoms with Gasteiger partial charge in [0.25, 0.3) is 0 Å². The van der Waals surface area contributed by atoms with Gasteiger partial charge in [0, 0.05) is 16.7 Å². The average Bonchev–Trinajstić information content (AvgIpc) is 3.05. The quantitative estimate of drug-likeness (QED) is 0.230. The molecule has 40 heavy (non-hydrogen) atoms. The monoisotopic (exact) mass is 510 g/mol. The lowest BCUT2D eigenvalue weighted by Gasteiger charge is -2.11. The van der Waals surface area contributed by atoms with Crippen LogP contribution < -0.4 is 0 Å². The van der Waals surface area contributed by atoms with Gasteiger partial charge in [-0.15, -0.1) is 0 Å². The highest BCUT2D eigenvalue weighted by Gasteiger charge is 2.12. The van der Waals surface area contributed by atoms with E-state index in [1.165, 1.54) is 33.0 Å². The summed E-state index contributed by atoms with van der Waals surface area (Å²) in [7, 11) is 0. The van der Waals surface area contributed by atoms with Crippen LogP contribution in [0.1, 0.15) is 0 Å². The number of benzene rings is 6. The molecule has 0 amide bonds. The van der Waals surface area contributed by atoms with E-state index in [9.17, 15) is 0 Å². The Morgan fingerprint density at radius 1 is 0.275 bits per heavy atom. The summed E-state index contributed by atoms with van der Waals surface area (Å²) in [6.07, 6.45) is 0. The highest BCUT2D eigenvalue weighted by molar-refractivity contribution is 5.87. The Morgan fingerprint density at radius 2 is 0.775 bits per heavy atom. The van der Waals surface area contributed by atoms with Crippen LogP contribution in [0.5, 0.6) is 0 Å². The van der Waals surface area contributed by atoms with E-state index in [2.05, 4.69) is 133 Å². The van der Waals surface area contributed by atoms with Crippen molar-refractivity contribution in [2.75, 3.05) is 0 Å². The van der Waals surface area contributed by atoms with Crippen molar-refractivity contribution in [2.24, 2.45) is 0 Å². The van der Waals surface area contributed by atoms with Gasteiger partial charge in [-0.2, -0.15) is 0 Å². The molecule has 0 fully saturated rings. The first-order valence-corrected chi connectivity index (χ1v) is 13.5. The predicted molar refractivity (Wildman–Crippen MR) is 167 cm³/mol. The molecule has 6 aromatic carbocycles. The molecule has 0 bridgehead atoms. The van der Waals surface area contributed by atoms with Crippen molar-refractivity contribution in [3.8, 4) is 56.2 Å². The normalized spacial score (nSPS) is 11.0. The minimum Gasteiger partial charge on any atom is -0.228 e. The fourth-order valence-corrected chi connectivity index (χ4v) is 5.15. The molecule has 0 aliphatic carbocycles. The fourth-order valence-electron chi connectivity index (χ4n) is 5.15. The first kappa shape index (κ1) is 23.8. The Labute approximate surface area is 234 Å². The van der Waals surface area contributed by atoms with E-state index >= 15 is 0 Å². The van der Waals surface area contributed by atoms with E-state index in [4.69, 9.17) is 9.97 Å². The minimum absolute atomic E-state index is 0.714. The van der Waals surface area contributed by atoms with Crippen molar-refractivity contribution in [2.45, 2.75) is 0 Å². The Morgan fingerprint density at radius 3 is 1.52 bits per heavy atom. The van der Waals surface area contributed by atoms with Gasteiger partial charge < -0.3 is 0 Å². The Bertz CT molecular complexity index is 1930. The van der Waals surface area contributed by atoms with Gasteiger partial charge in [0.2, 0.25) is 0 Å². The molecule has 0 atom stereocenters. The number of aromatic nitrogens is 2. The first-order chi connectivity index (χ1) is 19.8. The molecule has 0 aliphatic rings. The highest BCUT2D eigenvalue weighted by atomic mass is 14.9. The number of nitrogens with zero attached hydrogens (tertiary/aromatic N) is 2. The molecular formula is C38H26N2. The van der Waals surface area contributed by atoms with Crippen molar-refractivity contribution in [3.05, 3.63) is 158 Å². The topological polar surface area (TPSA) is 25.8 Å². The van der Waals surface area contributed by atoms with E-state index in [-0.39, 0.29) is 0 Å². The zero-order valence-corrected chi connectivity index (χ0v) is 21.9. The van der Waals surface area contributed by atoms with Crippen LogP contribution in [0, 0.1) is 0 Å². The van der Waals surface area contributed by atoms with Gasteiger partial charge in [0.15, 0.2) is 5.82 Å². The van der Waals surface area contributed by atoms with Crippen LogP contribution in [0.25, 0.3) is 66.9 Å². The van der Waals surface area contributed by atoms with E-state index in [1.807, 2.05) is 24.3 Å². The van der Waals surface area contributed by atoms with E-state index in [0.717, 1.165) is 28.1 Å². The lowest BCUT2D eigenvalue weighted by atomic mass is 9.99. The summed E-state index contributed by atoms with van der Waals surface area (Å²) in [6.45, 7) is 0. The van der Waals surface area contributed by atoms with Crippen molar-refractivity contribution in [3.63, 3.8) is 0 Å². The summed E-state index contributed by atoms with van der Waals surface area (Å²) in [4.78, 5) is 10.1. The summed E-state index contributed by atoms with van der Waals surface area (Å²) in [5, 5.41) is 2.49. The van der Waals surface area contributed by atoms with Gasteiger partial charge in [0.05, 0.1) is 11.4 Å². The van der Waals surface area contributed by atoms with Crippen LogP contribution >= 0.6 is 0 Å². The number of hydrogen-bond acceptors (Lipinski definition) is 2. The number of rotatable bonds is 5. The van der Waals surface area contributed by atoms with Crippen LogP contribution in [0.4, 0.5) is 0 Å². The van der Waals surface area contributed by atoms with Crippen molar-refractivity contribution in [1.29, 1.82) is 0 Å². The molecule has 1 heterocycles. The van der Waals surface area contributed by atoms with Crippen molar-refractivity contribution in [1.82, 2.24) is 9.97 Å². The molecule has 0 spiro atoms. The molecule has 0 radical (unpaired) electrons. The number of fused-ring (bicyclic) bond motifs is 1. The fraction of sp³-hybridized carbons (Fsp3) is 0. The van der Waals surface area contributed by atoms with Crippen LogP contribution in [-0.4, -0.2) is 9.97 Å². The highest BCUT2D eigenvalue weighted by Crippen LogP contribution is 2.31. The molecule has 0 saturated heterocycles. The second kappa shape index (κ2) is 10.4. The van der Waals surface area contributed by atoms with E-state index in [0.29, 0.717) is 5.82 Å². The van der Waals surface area contributed by atoms with Gasteiger partial charge in [-0.05, 0) is 51.2 Å². The van der Waals surface area contributed by atoms with Crippen molar-refractivity contribution < 1.29 is 0 Å². The largest absolute Gasteiger partial charge is 0.228 e. The van der Waals surface area contributed by atoms with Crippen LogP contribution in [0.3, 0.4) is 0 Å². The van der Waals surface area contributed by atoms with Gasteiger partial charge >= 0.3 is 0 Å². The maximum atomic E-state index is 5.07. The van der Waals surface area contributed by atoms with Crippen LogP contribution in [0.15, 0.2) is 158 Å². The third-order valence-corrected chi connectivity index (χ3v) is 7.29. The molecule has 0 N–H and O–H groups in total. The predicted octanol–water partition coefficient (Wildman–Crippen LogP) is 9.96. The first-order valence-electron chi connectivity index (χ1n) is 13.5. The molecule has 2 heteroatoms. The van der Waals surface area contributed by atoms with E-state index < -0.39 is 0 Å². The smallest absolute Gasteiger partial charge is 0.160 e. The molecule has 2 nitrogen and oxygen atoms in total. The van der Waals surface area contributed by atoms with Gasteiger partial charge in [0.1, 0.15) is 0 Å². The molecule has 7 rings (SSSR count). The second-order valence-corrected chi connectivity index (χ2v) is 9.91. The molecule has 188 valence electrons. The zero-order valence-electron chi connectivity index (χ0n) is 21.9. The Kier molecular flexibility index (Phi) is 6.20. The molecule has 0 aliphatic heterocycles. The number of hydrogen-bond donors (Lipinski definition) is 0. The zero-order chi connectivity index (χ0) is 26.7. The third-order valence-electron chi connectivity index (χ3n) is 7.29. The summed E-state index contributed by atoms with van der Waals surface area (Å²) < 4.78 is 0. The van der Waals surface area contributed by atoms with Crippen LogP contribution in [-0.2, 0) is 0 Å². The van der Waals surface area contributed by atoms with E-state index in [1.54, 1.807) is 0 Å². The SMILES string of the molecule is c1ccc(-c2cccc(-c3cc(-c4ccccc4)nc(-c4ccc(-c5ccc6ccccc6c5)cc4)n3)c2)cc1. The lowest BCUT2D eigenvalue weighted by Crippen LogP contribution is -1.96. The molecule has 0 unspecified atom stereocenters. The maximum absolute atomic E-state index is 5.07. The summed E-state index contributed by atoms with van der Waals surface area (Å²) in [5.41, 5.74) is 9.65. The molecule has 0 saturated carbocycles. The van der Waals surface area contributed by atoms with Gasteiger partial charge in [-0.1, -0.05) is 140 Å². The average molecular weight is 511 g/mol. The maximum Gasteiger partial charge on any atom is 0.160 e. The van der Waals surface area contributed by atoms with Crippen LogP contribution in [0.2, 0.25) is 0 Å². The Balaban J connectivity index is 1.30. The minimum atomic E-state index is 0.714. The Hall–Kier alpha value is -5.34. The summed E-state index contributed by atoms with van der Waals surface area (Å²) >= 11 is 0. The second-order valence-electron chi connectivity index (χ2n) is 9.91. The third kappa shape index (κ3) is 4.79. The molecule has 7 aromatic rings. The van der Waals surface area contributed by atoms with Crippen molar-refractivity contribution >= 4 is 10.8 Å². The lowest BCUT2D eigenvalue weighted by molar-refractivity contribution is 1.18.